The molecule has 4 nitrogen and oxygen atoms in total. The summed E-state index contributed by atoms with van der Waals surface area (Å²) in [5, 5.41) is 9.05. The third-order valence-electron chi connectivity index (χ3n) is 6.34. The molecule has 0 saturated heterocycles. The number of rotatable bonds is 6. The number of aliphatic carboxylic acids is 1. The van der Waals surface area contributed by atoms with E-state index in [1.165, 1.54) is 18.2 Å². The topological polar surface area (TPSA) is 55.8 Å². The third-order valence-corrected chi connectivity index (χ3v) is 6.34. The van der Waals surface area contributed by atoms with E-state index in [4.69, 9.17) is 14.6 Å². The lowest BCUT2D eigenvalue weighted by Crippen LogP contribution is -2.07. The monoisotopic (exact) mass is 454 g/mol. The van der Waals surface area contributed by atoms with Gasteiger partial charge in [0.1, 0.15) is 35.1 Å². The number of carboxylic acids is 1. The Labute approximate surface area is 188 Å². The van der Waals surface area contributed by atoms with Crippen LogP contribution in [0.4, 0.5) is 13.2 Å². The molecular weight excluding hydrogens is 433 g/mol. The van der Waals surface area contributed by atoms with E-state index in [1.54, 1.807) is 24.3 Å². The maximum atomic E-state index is 14.8. The number of hydrogen-bond acceptors (Lipinski definition) is 3. The highest BCUT2D eigenvalue weighted by molar-refractivity contribution is 5.68. The molecule has 2 aliphatic rings. The van der Waals surface area contributed by atoms with Crippen molar-refractivity contribution >= 4 is 5.97 Å². The quantitative estimate of drug-likeness (QED) is 0.518. The molecule has 170 valence electrons. The fraction of sp³-hybridized carbons (Fsp3) is 0.269. The first-order valence-electron chi connectivity index (χ1n) is 10.8. The van der Waals surface area contributed by atoms with E-state index in [9.17, 15) is 18.0 Å². The van der Waals surface area contributed by atoms with Gasteiger partial charge in [0.2, 0.25) is 0 Å². The lowest BCUT2D eigenvalue weighted by Gasteiger charge is -2.17. The molecule has 5 rings (SSSR count). The van der Waals surface area contributed by atoms with Gasteiger partial charge in [-0.05, 0) is 47.7 Å². The summed E-state index contributed by atoms with van der Waals surface area (Å²) in [6.07, 6.45) is 0.866. The van der Waals surface area contributed by atoms with E-state index in [-0.39, 0.29) is 24.6 Å². The molecule has 7 heteroatoms. The normalized spacial score (nSPS) is 18.5. The van der Waals surface area contributed by atoms with E-state index in [0.29, 0.717) is 42.1 Å². The van der Waals surface area contributed by atoms with Crippen molar-refractivity contribution in [2.45, 2.75) is 37.7 Å². The Morgan fingerprint density at radius 2 is 1.85 bits per heavy atom. The highest BCUT2D eigenvalue weighted by Crippen LogP contribution is 2.42. The van der Waals surface area contributed by atoms with Gasteiger partial charge in [0, 0.05) is 35.6 Å². The van der Waals surface area contributed by atoms with Crippen molar-refractivity contribution in [1.29, 1.82) is 0 Å². The van der Waals surface area contributed by atoms with Crippen LogP contribution in [0.15, 0.2) is 48.5 Å². The predicted molar refractivity (Wildman–Crippen MR) is 114 cm³/mol. The molecule has 1 unspecified atom stereocenters. The van der Waals surface area contributed by atoms with Crippen molar-refractivity contribution in [3.8, 4) is 11.5 Å². The Morgan fingerprint density at radius 1 is 1.03 bits per heavy atom. The average molecular weight is 454 g/mol. The summed E-state index contributed by atoms with van der Waals surface area (Å²) in [6.45, 7) is 0.301. The van der Waals surface area contributed by atoms with Crippen LogP contribution in [0.2, 0.25) is 0 Å². The maximum Gasteiger partial charge on any atom is 0.304 e. The molecule has 33 heavy (non-hydrogen) atoms. The van der Waals surface area contributed by atoms with Gasteiger partial charge in [-0.25, -0.2) is 13.2 Å². The van der Waals surface area contributed by atoms with Crippen LogP contribution in [0.3, 0.4) is 0 Å². The second-order valence-corrected chi connectivity index (χ2v) is 8.46. The molecule has 0 amide bonds. The second-order valence-electron chi connectivity index (χ2n) is 8.46. The summed E-state index contributed by atoms with van der Waals surface area (Å²) < 4.78 is 53.9. The number of halogens is 3. The summed E-state index contributed by atoms with van der Waals surface area (Å²) in [4.78, 5) is 11.0. The van der Waals surface area contributed by atoms with Crippen LogP contribution in [0.5, 0.6) is 11.5 Å². The molecule has 1 heterocycles. The van der Waals surface area contributed by atoms with Gasteiger partial charge in [0.15, 0.2) is 0 Å². The van der Waals surface area contributed by atoms with Crippen molar-refractivity contribution in [2.75, 3.05) is 6.61 Å². The minimum absolute atomic E-state index is 0.00809. The molecule has 0 aromatic heterocycles. The van der Waals surface area contributed by atoms with Crippen LogP contribution in [0.1, 0.15) is 52.7 Å². The van der Waals surface area contributed by atoms with Crippen molar-refractivity contribution < 1.29 is 32.5 Å². The molecule has 0 fully saturated rings. The van der Waals surface area contributed by atoms with E-state index in [1.807, 2.05) is 0 Å². The lowest BCUT2D eigenvalue weighted by atomic mass is 9.96. The molecule has 1 aliphatic heterocycles. The summed E-state index contributed by atoms with van der Waals surface area (Å²) in [6, 6.07) is 11.7. The highest BCUT2D eigenvalue weighted by atomic mass is 19.1. The van der Waals surface area contributed by atoms with Gasteiger partial charge >= 0.3 is 5.97 Å². The van der Waals surface area contributed by atoms with Crippen LogP contribution < -0.4 is 9.47 Å². The number of fused-ring (bicyclic) bond motifs is 2. The molecule has 0 spiro atoms. The zero-order valence-electron chi connectivity index (χ0n) is 17.6. The standard InChI is InChI=1S/C26H21F3O4/c27-17-3-1-15(22(29)11-17)9-14-2-7-21(28)26-20(14)6-8-23(26)33-18-4-5-19-16(10-25(30)31)13-32-24(19)12-18/h1-5,7,11-12,16,23H,6,8-10,13H2,(H,30,31)/t16?,23-/m1/s1. The van der Waals surface area contributed by atoms with Gasteiger partial charge in [0.25, 0.3) is 0 Å². The molecule has 2 atom stereocenters. The zero-order chi connectivity index (χ0) is 23.1. The molecule has 0 bridgehead atoms. The number of ether oxygens (including phenoxy) is 2. The SMILES string of the molecule is O=C(O)CC1COc2cc(O[C@@H]3CCc4c(Cc5ccc(F)cc5F)ccc(F)c43)ccc21. The predicted octanol–water partition coefficient (Wildman–Crippen LogP) is 5.71. The Hall–Kier alpha value is -3.48. The first kappa shape index (κ1) is 21.4. The molecular formula is C26H21F3O4. The maximum absolute atomic E-state index is 14.8. The van der Waals surface area contributed by atoms with Crippen LogP contribution >= 0.6 is 0 Å². The largest absolute Gasteiger partial charge is 0.492 e. The minimum Gasteiger partial charge on any atom is -0.492 e. The van der Waals surface area contributed by atoms with Crippen molar-refractivity contribution in [3.63, 3.8) is 0 Å². The number of carboxylic acid groups (broad SMARTS) is 1. The first-order chi connectivity index (χ1) is 15.9. The average Bonchev–Trinajstić information content (AvgIpc) is 3.36. The van der Waals surface area contributed by atoms with E-state index in [0.717, 1.165) is 22.8 Å². The van der Waals surface area contributed by atoms with Gasteiger partial charge in [-0.15, -0.1) is 0 Å². The summed E-state index contributed by atoms with van der Waals surface area (Å²) in [5.74, 6) is -1.64. The van der Waals surface area contributed by atoms with Crippen LogP contribution in [-0.4, -0.2) is 17.7 Å². The van der Waals surface area contributed by atoms with Gasteiger partial charge in [-0.2, -0.15) is 0 Å². The highest BCUT2D eigenvalue weighted by Gasteiger charge is 2.31. The van der Waals surface area contributed by atoms with Crippen molar-refractivity contribution in [1.82, 2.24) is 0 Å². The zero-order valence-corrected chi connectivity index (χ0v) is 17.6. The summed E-state index contributed by atoms with van der Waals surface area (Å²) in [5.41, 5.74) is 3.22. The van der Waals surface area contributed by atoms with E-state index < -0.39 is 23.7 Å². The minimum atomic E-state index is -0.883. The summed E-state index contributed by atoms with van der Waals surface area (Å²) >= 11 is 0. The van der Waals surface area contributed by atoms with Gasteiger partial charge in [0.05, 0.1) is 13.0 Å². The van der Waals surface area contributed by atoms with Gasteiger partial charge in [-0.1, -0.05) is 18.2 Å². The van der Waals surface area contributed by atoms with Gasteiger partial charge in [-0.3, -0.25) is 4.79 Å². The number of carbonyl (C=O) groups is 1. The van der Waals surface area contributed by atoms with Gasteiger partial charge < -0.3 is 14.6 Å². The fourth-order valence-corrected chi connectivity index (χ4v) is 4.77. The molecule has 3 aromatic carbocycles. The lowest BCUT2D eigenvalue weighted by molar-refractivity contribution is -0.137. The smallest absolute Gasteiger partial charge is 0.304 e. The van der Waals surface area contributed by atoms with Crippen LogP contribution in [-0.2, 0) is 17.6 Å². The molecule has 3 aromatic rings. The molecule has 1 N–H and O–H groups in total. The Bertz CT molecular complexity index is 1240. The van der Waals surface area contributed by atoms with Crippen LogP contribution in [0, 0.1) is 17.5 Å². The Morgan fingerprint density at radius 3 is 2.64 bits per heavy atom. The van der Waals surface area contributed by atoms with Crippen molar-refractivity contribution in [2.24, 2.45) is 0 Å². The van der Waals surface area contributed by atoms with Crippen molar-refractivity contribution in [3.05, 3.63) is 93.8 Å². The fourth-order valence-electron chi connectivity index (χ4n) is 4.77. The number of benzene rings is 3. The van der Waals surface area contributed by atoms with Crippen LogP contribution in [0.25, 0.3) is 0 Å². The molecule has 1 aliphatic carbocycles. The van der Waals surface area contributed by atoms with E-state index in [2.05, 4.69) is 0 Å². The molecule has 0 saturated carbocycles. The second kappa shape index (κ2) is 8.46. The number of hydrogen-bond donors (Lipinski definition) is 1. The van der Waals surface area contributed by atoms with E-state index >= 15 is 0 Å². The third kappa shape index (κ3) is 4.15. The Kier molecular flexibility index (Phi) is 5.48. The molecule has 0 radical (unpaired) electrons. The summed E-state index contributed by atoms with van der Waals surface area (Å²) in [7, 11) is 0. The Balaban J connectivity index is 1.38. The first-order valence-corrected chi connectivity index (χ1v) is 10.8.